The van der Waals surface area contributed by atoms with E-state index in [1.54, 1.807) is 18.4 Å². The molecular weight excluding hydrogens is 402 g/mol. The number of likely N-dealkylation sites (N-methyl/N-ethyl adjacent to an activating group) is 1. The van der Waals surface area contributed by atoms with Crippen molar-refractivity contribution < 1.29 is 21.3 Å². The van der Waals surface area contributed by atoms with Crippen molar-refractivity contribution in [3.05, 3.63) is 48.4 Å². The van der Waals surface area contributed by atoms with E-state index in [0.29, 0.717) is 24.4 Å². The SMILES string of the molecule is CN(C)[C@@H](CNS(=O)(=O)c1ccc(N2CCCCS2(=O)=O)cc1)c1ccco1. The first-order chi connectivity index (χ1) is 13.2. The van der Waals surface area contributed by atoms with Gasteiger partial charge in [0, 0.05) is 13.1 Å². The summed E-state index contributed by atoms with van der Waals surface area (Å²) in [4.78, 5) is 1.95. The summed E-state index contributed by atoms with van der Waals surface area (Å²) in [6.45, 7) is 0.561. The number of nitrogens with zero attached hydrogens (tertiary/aromatic N) is 2. The molecule has 0 unspecified atom stereocenters. The van der Waals surface area contributed by atoms with Gasteiger partial charge in [-0.15, -0.1) is 0 Å². The maximum absolute atomic E-state index is 12.7. The number of furan rings is 1. The fourth-order valence-electron chi connectivity index (χ4n) is 3.16. The molecule has 1 aliphatic rings. The lowest BCUT2D eigenvalue weighted by molar-refractivity contribution is 0.259. The number of hydrogen-bond donors (Lipinski definition) is 1. The van der Waals surface area contributed by atoms with Crippen LogP contribution in [0.25, 0.3) is 0 Å². The lowest BCUT2D eigenvalue weighted by Crippen LogP contribution is -2.37. The summed E-state index contributed by atoms with van der Waals surface area (Å²) in [5.41, 5.74) is 0.486. The molecule has 8 nitrogen and oxygen atoms in total. The number of hydrogen-bond acceptors (Lipinski definition) is 6. The van der Waals surface area contributed by atoms with Gasteiger partial charge in [0.15, 0.2) is 0 Å². The Morgan fingerprint density at radius 1 is 1.18 bits per heavy atom. The van der Waals surface area contributed by atoms with Gasteiger partial charge in [0.2, 0.25) is 20.0 Å². The van der Waals surface area contributed by atoms with E-state index in [9.17, 15) is 16.8 Å². The molecule has 1 aliphatic heterocycles. The smallest absolute Gasteiger partial charge is 0.240 e. The second-order valence-corrected chi connectivity index (χ2v) is 10.7. The predicted octanol–water partition coefficient (Wildman–Crippen LogP) is 1.79. The number of rotatable bonds is 7. The average Bonchev–Trinajstić information content (AvgIpc) is 3.15. The summed E-state index contributed by atoms with van der Waals surface area (Å²) >= 11 is 0. The van der Waals surface area contributed by atoms with Gasteiger partial charge in [0.05, 0.1) is 28.6 Å². The van der Waals surface area contributed by atoms with Crippen molar-refractivity contribution in [2.75, 3.05) is 37.2 Å². The minimum absolute atomic E-state index is 0.0857. The summed E-state index contributed by atoms with van der Waals surface area (Å²) < 4.78 is 59.0. The average molecular weight is 428 g/mol. The summed E-state index contributed by atoms with van der Waals surface area (Å²) in [5, 5.41) is 0. The van der Waals surface area contributed by atoms with E-state index in [2.05, 4.69) is 4.72 Å². The summed E-state index contributed by atoms with van der Waals surface area (Å²) in [6, 6.07) is 9.24. The van der Waals surface area contributed by atoms with Crippen molar-refractivity contribution in [3.63, 3.8) is 0 Å². The second kappa shape index (κ2) is 8.24. The van der Waals surface area contributed by atoms with Crippen molar-refractivity contribution in [3.8, 4) is 0 Å². The van der Waals surface area contributed by atoms with E-state index in [0.717, 1.165) is 6.42 Å². The maximum atomic E-state index is 12.7. The standard InChI is InChI=1S/C18H25N3O5S2/c1-20(2)17(18-6-5-12-26-18)14-19-28(24,25)16-9-7-15(8-10-16)21-11-3-4-13-27(21,22)23/h5-10,12,17,19H,3-4,11,13-14H2,1-2H3/t17-/m0/s1. The van der Waals surface area contributed by atoms with Crippen LogP contribution >= 0.6 is 0 Å². The molecule has 3 rings (SSSR count). The number of nitrogens with one attached hydrogen (secondary N) is 1. The molecule has 1 fully saturated rings. The third-order valence-electron chi connectivity index (χ3n) is 4.75. The van der Waals surface area contributed by atoms with E-state index in [4.69, 9.17) is 4.42 Å². The van der Waals surface area contributed by atoms with Crippen LogP contribution in [-0.2, 0) is 20.0 Å². The first kappa shape index (κ1) is 20.8. The Morgan fingerprint density at radius 2 is 1.89 bits per heavy atom. The molecule has 1 aromatic heterocycles. The molecule has 28 heavy (non-hydrogen) atoms. The Balaban J connectivity index is 1.73. The van der Waals surface area contributed by atoms with Crippen LogP contribution < -0.4 is 9.03 Å². The molecule has 0 saturated carbocycles. The normalized spacial score (nSPS) is 18.3. The van der Waals surface area contributed by atoms with E-state index < -0.39 is 20.0 Å². The molecule has 1 aromatic carbocycles. The molecule has 1 N–H and O–H groups in total. The molecule has 0 bridgehead atoms. The number of anilines is 1. The first-order valence-corrected chi connectivity index (χ1v) is 12.1. The Hall–Kier alpha value is -1.88. The van der Waals surface area contributed by atoms with Crippen LogP contribution in [-0.4, -0.2) is 54.7 Å². The van der Waals surface area contributed by atoms with E-state index >= 15 is 0 Å². The van der Waals surface area contributed by atoms with Gasteiger partial charge >= 0.3 is 0 Å². The van der Waals surface area contributed by atoms with Gasteiger partial charge in [0.1, 0.15) is 5.76 Å². The van der Waals surface area contributed by atoms with Crippen LogP contribution in [0.5, 0.6) is 0 Å². The van der Waals surface area contributed by atoms with Crippen LogP contribution in [0.3, 0.4) is 0 Å². The van der Waals surface area contributed by atoms with Crippen LogP contribution in [0.15, 0.2) is 52.0 Å². The van der Waals surface area contributed by atoms with Crippen LogP contribution in [0, 0.1) is 0 Å². The van der Waals surface area contributed by atoms with E-state index in [-0.39, 0.29) is 23.2 Å². The molecule has 0 spiro atoms. The van der Waals surface area contributed by atoms with Gasteiger partial charge in [-0.1, -0.05) is 0 Å². The zero-order valence-electron chi connectivity index (χ0n) is 15.9. The Labute approximate surface area is 166 Å². The Bertz CT molecular complexity index is 984. The fraction of sp³-hybridized carbons (Fsp3) is 0.444. The van der Waals surface area contributed by atoms with Crippen LogP contribution in [0.2, 0.25) is 0 Å². The largest absolute Gasteiger partial charge is 0.468 e. The van der Waals surface area contributed by atoms with Crippen LogP contribution in [0.1, 0.15) is 24.6 Å². The van der Waals surface area contributed by atoms with Gasteiger partial charge < -0.3 is 4.42 Å². The van der Waals surface area contributed by atoms with Gasteiger partial charge in [-0.2, -0.15) is 0 Å². The topological polar surface area (TPSA) is 99.9 Å². The molecule has 1 atom stereocenters. The highest BCUT2D eigenvalue weighted by Gasteiger charge is 2.27. The lowest BCUT2D eigenvalue weighted by atomic mass is 10.2. The quantitative estimate of drug-likeness (QED) is 0.723. The Kier molecular flexibility index (Phi) is 6.13. The fourth-order valence-corrected chi connectivity index (χ4v) is 5.84. The third-order valence-corrected chi connectivity index (χ3v) is 8.05. The van der Waals surface area contributed by atoms with Crippen molar-refractivity contribution in [2.45, 2.75) is 23.8 Å². The highest BCUT2D eigenvalue weighted by Crippen LogP contribution is 2.25. The van der Waals surface area contributed by atoms with E-state index in [1.165, 1.54) is 28.6 Å². The minimum atomic E-state index is -3.74. The molecule has 10 heteroatoms. The van der Waals surface area contributed by atoms with Crippen molar-refractivity contribution in [2.24, 2.45) is 0 Å². The summed E-state index contributed by atoms with van der Waals surface area (Å²) in [6.07, 6.45) is 2.99. The minimum Gasteiger partial charge on any atom is -0.468 e. The first-order valence-electron chi connectivity index (χ1n) is 9.01. The third kappa shape index (κ3) is 4.57. The van der Waals surface area contributed by atoms with Crippen molar-refractivity contribution in [1.82, 2.24) is 9.62 Å². The number of benzene rings is 1. The molecular formula is C18H25N3O5S2. The molecule has 2 aromatic rings. The van der Waals surface area contributed by atoms with Crippen molar-refractivity contribution >= 4 is 25.7 Å². The summed E-state index contributed by atoms with van der Waals surface area (Å²) in [5.74, 6) is 0.784. The van der Waals surface area contributed by atoms with Gasteiger partial charge in [-0.3, -0.25) is 9.21 Å². The highest BCUT2D eigenvalue weighted by atomic mass is 32.2. The monoisotopic (exact) mass is 427 g/mol. The van der Waals surface area contributed by atoms with E-state index in [1.807, 2.05) is 19.0 Å². The van der Waals surface area contributed by atoms with Gasteiger partial charge in [0.25, 0.3) is 0 Å². The molecule has 1 saturated heterocycles. The predicted molar refractivity (Wildman–Crippen MR) is 107 cm³/mol. The van der Waals surface area contributed by atoms with Crippen molar-refractivity contribution in [1.29, 1.82) is 0 Å². The molecule has 0 radical (unpaired) electrons. The molecule has 0 aliphatic carbocycles. The second-order valence-electron chi connectivity index (χ2n) is 6.94. The lowest BCUT2D eigenvalue weighted by Gasteiger charge is -2.28. The molecule has 2 heterocycles. The molecule has 154 valence electrons. The number of sulfonamides is 2. The van der Waals surface area contributed by atoms with Gasteiger partial charge in [-0.25, -0.2) is 21.6 Å². The summed E-state index contributed by atoms with van der Waals surface area (Å²) in [7, 11) is -3.39. The van der Waals surface area contributed by atoms with Crippen LogP contribution in [0.4, 0.5) is 5.69 Å². The molecule has 0 amide bonds. The van der Waals surface area contributed by atoms with Gasteiger partial charge in [-0.05, 0) is 63.3 Å². The highest BCUT2D eigenvalue weighted by molar-refractivity contribution is 7.92. The zero-order chi connectivity index (χ0) is 20.4. The zero-order valence-corrected chi connectivity index (χ0v) is 17.5. The maximum Gasteiger partial charge on any atom is 0.240 e. The Morgan fingerprint density at radius 3 is 2.46 bits per heavy atom.